The first-order valence-corrected chi connectivity index (χ1v) is 4.90. The van der Waals surface area contributed by atoms with E-state index in [0.29, 0.717) is 5.56 Å². The molecule has 2 N–H and O–H groups in total. The van der Waals surface area contributed by atoms with Crippen molar-refractivity contribution in [3.05, 3.63) is 41.5 Å². The van der Waals surface area contributed by atoms with E-state index in [1.807, 2.05) is 13.0 Å². The van der Waals surface area contributed by atoms with E-state index >= 15 is 0 Å². The van der Waals surface area contributed by atoms with Gasteiger partial charge in [-0.15, -0.1) is 0 Å². The highest BCUT2D eigenvalue weighted by atomic mass is 19.1. The van der Waals surface area contributed by atoms with Gasteiger partial charge < -0.3 is 5.73 Å². The molecule has 0 fully saturated rings. The van der Waals surface area contributed by atoms with E-state index in [2.05, 4.69) is 4.98 Å². The number of hydrogen-bond donors (Lipinski definition) is 1. The van der Waals surface area contributed by atoms with Crippen molar-refractivity contribution in [2.75, 3.05) is 0 Å². The van der Waals surface area contributed by atoms with Crippen LogP contribution in [0.4, 0.5) is 4.39 Å². The predicted molar refractivity (Wildman–Crippen MR) is 59.0 cm³/mol. The molecular formula is C12H13FN2. The van der Waals surface area contributed by atoms with Gasteiger partial charge in [0.1, 0.15) is 5.82 Å². The molecule has 0 saturated heterocycles. The molecule has 1 aromatic heterocycles. The zero-order valence-electron chi connectivity index (χ0n) is 8.79. The van der Waals surface area contributed by atoms with Gasteiger partial charge in [-0.05, 0) is 37.4 Å². The Morgan fingerprint density at radius 1 is 1.27 bits per heavy atom. The lowest BCUT2D eigenvalue weighted by Gasteiger charge is -2.12. The molecule has 78 valence electrons. The Labute approximate surface area is 87.9 Å². The Morgan fingerprint density at radius 2 is 2.00 bits per heavy atom. The normalized spacial score (nSPS) is 13.1. The molecule has 2 rings (SSSR count). The van der Waals surface area contributed by atoms with Crippen LogP contribution in [-0.2, 0) is 0 Å². The maximum absolute atomic E-state index is 13.6. The van der Waals surface area contributed by atoms with Crippen molar-refractivity contribution in [2.45, 2.75) is 19.9 Å². The number of halogens is 1. The Bertz CT molecular complexity index is 506. The Balaban J connectivity index is 2.88. The number of nitrogens with zero attached hydrogens (tertiary/aromatic N) is 1. The molecule has 0 aliphatic rings. The molecule has 0 radical (unpaired) electrons. The van der Waals surface area contributed by atoms with Crippen LogP contribution in [0, 0.1) is 12.7 Å². The number of nitrogens with two attached hydrogens (primary N) is 1. The molecule has 2 aromatic rings. The third-order valence-electron chi connectivity index (χ3n) is 2.59. The molecule has 0 saturated carbocycles. The molecule has 0 amide bonds. The lowest BCUT2D eigenvalue weighted by atomic mass is 9.99. The van der Waals surface area contributed by atoms with Crippen molar-refractivity contribution in [2.24, 2.45) is 5.73 Å². The second-order valence-electron chi connectivity index (χ2n) is 3.74. The number of fused-ring (bicyclic) bond motifs is 1. The van der Waals surface area contributed by atoms with Crippen LogP contribution in [0.2, 0.25) is 0 Å². The number of aromatic nitrogens is 1. The summed E-state index contributed by atoms with van der Waals surface area (Å²) in [4.78, 5) is 4.17. The Kier molecular flexibility index (Phi) is 2.40. The monoisotopic (exact) mass is 204 g/mol. The summed E-state index contributed by atoms with van der Waals surface area (Å²) in [6, 6.07) is 4.70. The van der Waals surface area contributed by atoms with E-state index in [0.717, 1.165) is 16.5 Å². The van der Waals surface area contributed by atoms with Crippen molar-refractivity contribution < 1.29 is 4.39 Å². The Hall–Kier alpha value is -1.48. The van der Waals surface area contributed by atoms with Gasteiger partial charge in [0.15, 0.2) is 0 Å². The molecule has 15 heavy (non-hydrogen) atoms. The minimum atomic E-state index is -0.310. The van der Waals surface area contributed by atoms with E-state index in [1.165, 1.54) is 6.07 Å². The molecule has 1 aromatic carbocycles. The van der Waals surface area contributed by atoms with E-state index in [1.54, 1.807) is 19.2 Å². The standard InChI is InChI=1S/C12H13FN2/c1-7(14)12-10-5-6-15-8(2)9(10)3-4-11(12)13/h3-7H,14H2,1-2H3. The van der Waals surface area contributed by atoms with Crippen LogP contribution in [-0.4, -0.2) is 4.98 Å². The summed E-state index contributed by atoms with van der Waals surface area (Å²) in [5, 5.41) is 1.82. The van der Waals surface area contributed by atoms with Crippen molar-refractivity contribution in [1.29, 1.82) is 0 Å². The summed E-state index contributed by atoms with van der Waals surface area (Å²) in [6.07, 6.45) is 1.68. The van der Waals surface area contributed by atoms with Gasteiger partial charge in [0, 0.05) is 28.9 Å². The van der Waals surface area contributed by atoms with Gasteiger partial charge >= 0.3 is 0 Å². The number of hydrogen-bond acceptors (Lipinski definition) is 2. The van der Waals surface area contributed by atoms with Crippen LogP contribution < -0.4 is 5.73 Å². The molecule has 0 spiro atoms. The summed E-state index contributed by atoms with van der Waals surface area (Å²) in [5.41, 5.74) is 7.24. The summed E-state index contributed by atoms with van der Waals surface area (Å²) >= 11 is 0. The van der Waals surface area contributed by atoms with Crippen LogP contribution in [0.15, 0.2) is 24.4 Å². The van der Waals surface area contributed by atoms with Crippen molar-refractivity contribution >= 4 is 10.8 Å². The van der Waals surface area contributed by atoms with Crippen LogP contribution >= 0.6 is 0 Å². The summed E-state index contributed by atoms with van der Waals surface area (Å²) < 4.78 is 13.6. The molecule has 2 nitrogen and oxygen atoms in total. The second kappa shape index (κ2) is 3.59. The second-order valence-corrected chi connectivity index (χ2v) is 3.74. The largest absolute Gasteiger partial charge is 0.324 e. The molecule has 0 bridgehead atoms. The third kappa shape index (κ3) is 1.59. The molecular weight excluding hydrogens is 191 g/mol. The number of benzene rings is 1. The fraction of sp³-hybridized carbons (Fsp3) is 0.250. The van der Waals surface area contributed by atoms with Gasteiger partial charge in [-0.2, -0.15) is 0 Å². The SMILES string of the molecule is Cc1nccc2c(C(C)N)c(F)ccc12. The average Bonchev–Trinajstić information content (AvgIpc) is 2.17. The van der Waals surface area contributed by atoms with Gasteiger partial charge in [0.25, 0.3) is 0 Å². The van der Waals surface area contributed by atoms with Gasteiger partial charge in [0.2, 0.25) is 0 Å². The van der Waals surface area contributed by atoms with E-state index < -0.39 is 0 Å². The van der Waals surface area contributed by atoms with Crippen LogP contribution in [0.1, 0.15) is 24.2 Å². The zero-order chi connectivity index (χ0) is 11.0. The first-order valence-electron chi connectivity index (χ1n) is 4.90. The first-order chi connectivity index (χ1) is 7.11. The average molecular weight is 204 g/mol. The molecule has 1 atom stereocenters. The van der Waals surface area contributed by atoms with Gasteiger partial charge in [-0.25, -0.2) is 4.39 Å². The maximum atomic E-state index is 13.6. The third-order valence-corrected chi connectivity index (χ3v) is 2.59. The van der Waals surface area contributed by atoms with E-state index in [-0.39, 0.29) is 11.9 Å². The maximum Gasteiger partial charge on any atom is 0.128 e. The number of rotatable bonds is 1. The van der Waals surface area contributed by atoms with Gasteiger partial charge in [0.05, 0.1) is 0 Å². The number of aryl methyl sites for hydroxylation is 1. The van der Waals surface area contributed by atoms with Crippen LogP contribution in [0.25, 0.3) is 10.8 Å². The highest BCUT2D eigenvalue weighted by molar-refractivity contribution is 5.87. The number of pyridine rings is 1. The van der Waals surface area contributed by atoms with Crippen molar-refractivity contribution in [1.82, 2.24) is 4.98 Å². The topological polar surface area (TPSA) is 38.9 Å². The van der Waals surface area contributed by atoms with Crippen LogP contribution in [0.3, 0.4) is 0 Å². The summed E-state index contributed by atoms with van der Waals surface area (Å²) in [7, 11) is 0. The lowest BCUT2D eigenvalue weighted by Crippen LogP contribution is -2.08. The zero-order valence-corrected chi connectivity index (χ0v) is 8.79. The molecule has 0 aliphatic heterocycles. The Morgan fingerprint density at radius 3 is 2.67 bits per heavy atom. The van der Waals surface area contributed by atoms with Crippen LogP contribution in [0.5, 0.6) is 0 Å². The quantitative estimate of drug-likeness (QED) is 0.775. The highest BCUT2D eigenvalue weighted by Crippen LogP contribution is 2.26. The van der Waals surface area contributed by atoms with E-state index in [9.17, 15) is 4.39 Å². The molecule has 0 aliphatic carbocycles. The fourth-order valence-electron chi connectivity index (χ4n) is 1.86. The minimum Gasteiger partial charge on any atom is -0.324 e. The van der Waals surface area contributed by atoms with Gasteiger partial charge in [-0.3, -0.25) is 4.98 Å². The van der Waals surface area contributed by atoms with E-state index in [4.69, 9.17) is 5.73 Å². The summed E-state index contributed by atoms with van der Waals surface area (Å²) in [6.45, 7) is 3.69. The molecule has 3 heteroatoms. The highest BCUT2D eigenvalue weighted by Gasteiger charge is 2.12. The predicted octanol–water partition coefficient (Wildman–Crippen LogP) is 2.70. The lowest BCUT2D eigenvalue weighted by molar-refractivity contribution is 0.597. The summed E-state index contributed by atoms with van der Waals surface area (Å²) in [5.74, 6) is -0.247. The fourth-order valence-corrected chi connectivity index (χ4v) is 1.86. The first kappa shape index (κ1) is 10.1. The molecule has 1 heterocycles. The van der Waals surface area contributed by atoms with Crippen molar-refractivity contribution in [3.63, 3.8) is 0 Å². The minimum absolute atomic E-state index is 0.247. The molecule has 1 unspecified atom stereocenters. The smallest absolute Gasteiger partial charge is 0.128 e. The van der Waals surface area contributed by atoms with Crippen molar-refractivity contribution in [3.8, 4) is 0 Å². The van der Waals surface area contributed by atoms with Gasteiger partial charge in [-0.1, -0.05) is 0 Å².